The molecule has 1 N–H and O–H groups in total. The van der Waals surface area contributed by atoms with E-state index in [4.69, 9.17) is 0 Å². The molecular formula is C11H11F3N4. The van der Waals surface area contributed by atoms with Crippen LogP contribution in [0.3, 0.4) is 0 Å². The Labute approximate surface area is 101 Å². The van der Waals surface area contributed by atoms with E-state index in [0.29, 0.717) is 18.9 Å². The van der Waals surface area contributed by atoms with Crippen molar-refractivity contribution in [3.05, 3.63) is 42.4 Å². The third kappa shape index (κ3) is 3.22. The molecule has 0 aliphatic heterocycles. The lowest BCUT2D eigenvalue weighted by Crippen LogP contribution is -2.12. The van der Waals surface area contributed by atoms with Gasteiger partial charge in [0, 0.05) is 25.1 Å². The zero-order valence-electron chi connectivity index (χ0n) is 9.35. The Bertz CT molecular complexity index is 476. The molecule has 0 amide bonds. The smallest absolute Gasteiger partial charge is 0.368 e. The first-order valence-corrected chi connectivity index (χ1v) is 5.30. The first-order chi connectivity index (χ1) is 8.55. The molecule has 0 unspecified atom stereocenters. The van der Waals surface area contributed by atoms with E-state index in [1.807, 2.05) is 6.20 Å². The zero-order chi connectivity index (χ0) is 13.0. The molecule has 0 fully saturated rings. The van der Waals surface area contributed by atoms with Crippen molar-refractivity contribution in [2.24, 2.45) is 0 Å². The average Bonchev–Trinajstić information content (AvgIpc) is 2.82. The summed E-state index contributed by atoms with van der Waals surface area (Å²) in [5, 5.41) is 6.92. The van der Waals surface area contributed by atoms with Gasteiger partial charge >= 0.3 is 6.18 Å². The Morgan fingerprint density at radius 2 is 2.11 bits per heavy atom. The van der Waals surface area contributed by atoms with Gasteiger partial charge in [0.15, 0.2) is 0 Å². The van der Waals surface area contributed by atoms with Crippen molar-refractivity contribution in [2.75, 3.05) is 11.9 Å². The summed E-state index contributed by atoms with van der Waals surface area (Å²) >= 11 is 0. The van der Waals surface area contributed by atoms with Crippen LogP contribution in [0, 0.1) is 0 Å². The second kappa shape index (κ2) is 5.07. The lowest BCUT2D eigenvalue weighted by atomic mass is 10.3. The number of nitrogens with one attached hydrogen (secondary N) is 1. The first-order valence-electron chi connectivity index (χ1n) is 5.30. The second-order valence-corrected chi connectivity index (χ2v) is 3.63. The van der Waals surface area contributed by atoms with Crippen molar-refractivity contribution < 1.29 is 13.2 Å². The van der Waals surface area contributed by atoms with Crippen LogP contribution in [0.15, 0.2) is 36.8 Å². The minimum Gasteiger partial charge on any atom is -0.368 e. The van der Waals surface area contributed by atoms with Crippen molar-refractivity contribution in [2.45, 2.75) is 12.7 Å². The van der Waals surface area contributed by atoms with E-state index < -0.39 is 11.7 Å². The highest BCUT2D eigenvalue weighted by atomic mass is 19.4. The van der Waals surface area contributed by atoms with Crippen molar-refractivity contribution in [3.63, 3.8) is 0 Å². The zero-order valence-corrected chi connectivity index (χ0v) is 9.35. The molecule has 96 valence electrons. The largest absolute Gasteiger partial charge is 0.417 e. The number of alkyl halides is 3. The van der Waals surface area contributed by atoms with Crippen LogP contribution < -0.4 is 5.32 Å². The number of hydrogen-bond donors (Lipinski definition) is 1. The molecule has 0 spiro atoms. The Kier molecular flexibility index (Phi) is 3.50. The molecular weight excluding hydrogens is 245 g/mol. The molecule has 0 saturated carbocycles. The van der Waals surface area contributed by atoms with Gasteiger partial charge in [-0.2, -0.15) is 18.3 Å². The molecule has 0 aromatic carbocycles. The Hall–Kier alpha value is -2.05. The van der Waals surface area contributed by atoms with E-state index in [9.17, 15) is 13.2 Å². The fraction of sp³-hybridized carbons (Fsp3) is 0.273. The molecule has 2 aromatic heterocycles. The van der Waals surface area contributed by atoms with E-state index in [1.165, 1.54) is 6.07 Å². The number of halogens is 3. The maximum Gasteiger partial charge on any atom is 0.417 e. The van der Waals surface area contributed by atoms with Crippen LogP contribution in [0.2, 0.25) is 0 Å². The Morgan fingerprint density at radius 1 is 1.28 bits per heavy atom. The van der Waals surface area contributed by atoms with Gasteiger partial charge in [-0.25, -0.2) is 4.98 Å². The van der Waals surface area contributed by atoms with E-state index >= 15 is 0 Å². The normalized spacial score (nSPS) is 11.5. The molecule has 0 aliphatic carbocycles. The molecule has 2 heterocycles. The molecule has 2 rings (SSSR count). The molecule has 0 radical (unpaired) electrons. The summed E-state index contributed by atoms with van der Waals surface area (Å²) in [6.07, 6.45) is -0.0604. The van der Waals surface area contributed by atoms with Crippen LogP contribution in [-0.2, 0) is 12.7 Å². The summed E-state index contributed by atoms with van der Waals surface area (Å²) in [6, 6.07) is 4.12. The highest BCUT2D eigenvalue weighted by molar-refractivity contribution is 5.35. The topological polar surface area (TPSA) is 42.7 Å². The van der Waals surface area contributed by atoms with E-state index in [1.54, 1.807) is 16.9 Å². The number of hydrogen-bond acceptors (Lipinski definition) is 3. The highest BCUT2D eigenvalue weighted by Gasteiger charge is 2.30. The summed E-state index contributed by atoms with van der Waals surface area (Å²) in [4.78, 5) is 3.70. The van der Waals surface area contributed by atoms with Crippen LogP contribution >= 0.6 is 0 Å². The van der Waals surface area contributed by atoms with Gasteiger partial charge in [-0.1, -0.05) is 0 Å². The van der Waals surface area contributed by atoms with Crippen LogP contribution in [0.5, 0.6) is 0 Å². The maximum absolute atomic E-state index is 12.3. The maximum atomic E-state index is 12.3. The van der Waals surface area contributed by atoms with Crippen LogP contribution in [0.1, 0.15) is 5.56 Å². The summed E-state index contributed by atoms with van der Waals surface area (Å²) in [5.41, 5.74) is -0.750. The average molecular weight is 256 g/mol. The third-order valence-corrected chi connectivity index (χ3v) is 2.30. The SMILES string of the molecule is FC(F)(F)c1ccc(NCCn2cccn2)nc1. The van der Waals surface area contributed by atoms with E-state index in [-0.39, 0.29) is 0 Å². The number of rotatable bonds is 4. The van der Waals surface area contributed by atoms with Gasteiger partial charge in [0.05, 0.1) is 12.1 Å². The van der Waals surface area contributed by atoms with Gasteiger partial charge in [-0.05, 0) is 18.2 Å². The molecule has 2 aromatic rings. The van der Waals surface area contributed by atoms with Crippen LogP contribution in [0.4, 0.5) is 19.0 Å². The van der Waals surface area contributed by atoms with Gasteiger partial charge in [0.1, 0.15) is 5.82 Å². The van der Waals surface area contributed by atoms with Gasteiger partial charge < -0.3 is 5.32 Å². The minimum absolute atomic E-state index is 0.412. The van der Waals surface area contributed by atoms with Crippen molar-refractivity contribution in [1.82, 2.24) is 14.8 Å². The molecule has 4 nitrogen and oxygen atoms in total. The van der Waals surface area contributed by atoms with Crippen LogP contribution in [0.25, 0.3) is 0 Å². The number of nitrogens with zero attached hydrogens (tertiary/aromatic N) is 3. The lowest BCUT2D eigenvalue weighted by Gasteiger charge is -2.08. The summed E-state index contributed by atoms with van der Waals surface area (Å²) < 4.78 is 38.6. The van der Waals surface area contributed by atoms with Crippen molar-refractivity contribution in [3.8, 4) is 0 Å². The van der Waals surface area contributed by atoms with Crippen molar-refractivity contribution >= 4 is 5.82 Å². The number of pyridine rings is 1. The standard InChI is InChI=1S/C11H11F3N4/c12-11(13,14)9-2-3-10(16-8-9)15-5-7-18-6-1-4-17-18/h1-4,6,8H,5,7H2,(H,15,16). The summed E-state index contributed by atoms with van der Waals surface area (Å²) in [6.45, 7) is 1.16. The molecule has 0 saturated heterocycles. The Balaban J connectivity index is 1.87. The molecule has 18 heavy (non-hydrogen) atoms. The molecule has 0 atom stereocenters. The second-order valence-electron chi connectivity index (χ2n) is 3.63. The van der Waals surface area contributed by atoms with E-state index in [0.717, 1.165) is 12.3 Å². The number of aromatic nitrogens is 3. The highest BCUT2D eigenvalue weighted by Crippen LogP contribution is 2.28. The number of anilines is 1. The van der Waals surface area contributed by atoms with E-state index in [2.05, 4.69) is 15.4 Å². The molecule has 0 bridgehead atoms. The molecule has 0 aliphatic rings. The molecule has 7 heteroatoms. The Morgan fingerprint density at radius 3 is 2.67 bits per heavy atom. The van der Waals surface area contributed by atoms with Gasteiger partial charge in [0.25, 0.3) is 0 Å². The fourth-order valence-electron chi connectivity index (χ4n) is 1.40. The van der Waals surface area contributed by atoms with Crippen LogP contribution in [-0.4, -0.2) is 21.3 Å². The first kappa shape index (κ1) is 12.4. The van der Waals surface area contributed by atoms with Gasteiger partial charge in [-0.15, -0.1) is 0 Å². The van der Waals surface area contributed by atoms with Crippen molar-refractivity contribution in [1.29, 1.82) is 0 Å². The minimum atomic E-state index is -4.35. The van der Waals surface area contributed by atoms with Gasteiger partial charge in [0.2, 0.25) is 0 Å². The summed E-state index contributed by atoms with van der Waals surface area (Å²) in [5.74, 6) is 0.412. The fourth-order valence-corrected chi connectivity index (χ4v) is 1.40. The third-order valence-electron chi connectivity index (χ3n) is 2.30. The summed E-state index contributed by atoms with van der Waals surface area (Å²) in [7, 11) is 0. The quantitative estimate of drug-likeness (QED) is 0.913. The predicted octanol–water partition coefficient (Wildman–Crippen LogP) is 2.41. The monoisotopic (exact) mass is 256 g/mol. The van der Waals surface area contributed by atoms with Gasteiger partial charge in [-0.3, -0.25) is 4.68 Å². The predicted molar refractivity (Wildman–Crippen MR) is 60.0 cm³/mol. The lowest BCUT2D eigenvalue weighted by molar-refractivity contribution is -0.137.